The lowest BCUT2D eigenvalue weighted by Crippen LogP contribution is -2.39. The summed E-state index contributed by atoms with van der Waals surface area (Å²) in [5.41, 5.74) is 0. The lowest BCUT2D eigenvalue weighted by atomic mass is 10.2. The molecule has 0 unspecified atom stereocenters. The van der Waals surface area contributed by atoms with Gasteiger partial charge in [-0.05, 0) is 35.8 Å². The number of nitrogens with one attached hydrogen (secondary N) is 1. The third-order valence-corrected chi connectivity index (χ3v) is 3.63. The van der Waals surface area contributed by atoms with E-state index < -0.39 is 0 Å². The molecule has 0 bridgehead atoms. The van der Waals surface area contributed by atoms with Gasteiger partial charge in [-0.2, -0.15) is 0 Å². The number of likely N-dealkylation sites (N-methyl/N-ethyl adjacent to an activating group) is 1. The molecule has 0 saturated heterocycles. The van der Waals surface area contributed by atoms with Crippen LogP contribution in [0.2, 0.25) is 0 Å². The van der Waals surface area contributed by atoms with E-state index >= 15 is 0 Å². The van der Waals surface area contributed by atoms with E-state index in [0.29, 0.717) is 19.1 Å². The van der Waals surface area contributed by atoms with Gasteiger partial charge >= 0.3 is 0 Å². The quantitative estimate of drug-likeness (QED) is 0.895. The molecular formula is C13H19BrN4O. The van der Waals surface area contributed by atoms with Crippen molar-refractivity contribution in [2.75, 3.05) is 13.6 Å². The van der Waals surface area contributed by atoms with Gasteiger partial charge in [-0.3, -0.25) is 9.69 Å². The average Bonchev–Trinajstić information content (AvgIpc) is 2.84. The summed E-state index contributed by atoms with van der Waals surface area (Å²) in [6, 6.07) is 0.379. The minimum Gasteiger partial charge on any atom is -0.352 e. The second-order valence-corrected chi connectivity index (χ2v) is 5.95. The van der Waals surface area contributed by atoms with Gasteiger partial charge in [0.25, 0.3) is 0 Å². The van der Waals surface area contributed by atoms with Crippen LogP contribution >= 0.6 is 15.9 Å². The minimum atomic E-state index is 0.0894. The topological polar surface area (TPSA) is 58.1 Å². The summed E-state index contributed by atoms with van der Waals surface area (Å²) in [6.07, 6.45) is 8.13. The van der Waals surface area contributed by atoms with E-state index in [1.165, 1.54) is 12.8 Å². The van der Waals surface area contributed by atoms with Crippen LogP contribution in [0.5, 0.6) is 0 Å². The molecule has 2 rings (SSSR count). The van der Waals surface area contributed by atoms with Gasteiger partial charge in [0.2, 0.25) is 5.91 Å². The van der Waals surface area contributed by atoms with Gasteiger partial charge in [-0.25, -0.2) is 9.97 Å². The van der Waals surface area contributed by atoms with Crippen LogP contribution in [-0.2, 0) is 11.3 Å². The van der Waals surface area contributed by atoms with E-state index in [1.807, 2.05) is 11.9 Å². The maximum absolute atomic E-state index is 11.9. The fraction of sp³-hybridized carbons (Fsp3) is 0.615. The molecule has 1 aliphatic rings. The molecule has 5 nitrogen and oxygen atoms in total. The monoisotopic (exact) mass is 326 g/mol. The SMILES string of the molecule is CN(CC(=O)NC1CCCC1)Cc1ncc(Br)cn1. The number of halogens is 1. The van der Waals surface area contributed by atoms with Crippen molar-refractivity contribution in [3.63, 3.8) is 0 Å². The van der Waals surface area contributed by atoms with E-state index in [1.54, 1.807) is 12.4 Å². The van der Waals surface area contributed by atoms with Gasteiger partial charge in [-0.1, -0.05) is 12.8 Å². The van der Waals surface area contributed by atoms with Crippen molar-refractivity contribution in [3.05, 3.63) is 22.7 Å². The first-order valence-electron chi connectivity index (χ1n) is 6.58. The number of hydrogen-bond acceptors (Lipinski definition) is 4. The highest BCUT2D eigenvalue weighted by Gasteiger charge is 2.17. The van der Waals surface area contributed by atoms with Crippen LogP contribution in [0.25, 0.3) is 0 Å². The van der Waals surface area contributed by atoms with Crippen LogP contribution in [0.3, 0.4) is 0 Å². The Kier molecular flexibility index (Phi) is 5.27. The second kappa shape index (κ2) is 6.96. The maximum Gasteiger partial charge on any atom is 0.234 e. The molecule has 1 heterocycles. The first kappa shape index (κ1) is 14.4. The standard InChI is InChI=1S/C13H19BrN4O/c1-18(8-12-15-6-10(14)7-16-12)9-13(19)17-11-4-2-3-5-11/h6-7,11H,2-5,8-9H2,1H3,(H,17,19). The van der Waals surface area contributed by atoms with Gasteiger partial charge in [0.1, 0.15) is 5.82 Å². The fourth-order valence-electron chi connectivity index (χ4n) is 2.31. The lowest BCUT2D eigenvalue weighted by molar-refractivity contribution is -0.122. The molecule has 6 heteroatoms. The number of carbonyl (C=O) groups excluding carboxylic acids is 1. The molecule has 19 heavy (non-hydrogen) atoms. The highest BCUT2D eigenvalue weighted by atomic mass is 79.9. The predicted molar refractivity (Wildman–Crippen MR) is 76.5 cm³/mol. The van der Waals surface area contributed by atoms with Crippen molar-refractivity contribution in [2.45, 2.75) is 38.3 Å². The number of hydrogen-bond donors (Lipinski definition) is 1. The molecule has 0 atom stereocenters. The summed E-state index contributed by atoms with van der Waals surface area (Å²) in [6.45, 7) is 0.960. The highest BCUT2D eigenvalue weighted by molar-refractivity contribution is 9.10. The number of amides is 1. The number of aromatic nitrogens is 2. The number of rotatable bonds is 5. The van der Waals surface area contributed by atoms with E-state index in [2.05, 4.69) is 31.2 Å². The van der Waals surface area contributed by atoms with Gasteiger partial charge in [0.15, 0.2) is 0 Å². The lowest BCUT2D eigenvalue weighted by Gasteiger charge is -2.17. The zero-order chi connectivity index (χ0) is 13.7. The van der Waals surface area contributed by atoms with Crippen LogP contribution < -0.4 is 5.32 Å². The van der Waals surface area contributed by atoms with E-state index in [-0.39, 0.29) is 5.91 Å². The Labute approximate surface area is 121 Å². The molecule has 0 radical (unpaired) electrons. The molecule has 104 valence electrons. The predicted octanol–water partition coefficient (Wildman–Crippen LogP) is 1.73. The van der Waals surface area contributed by atoms with Crippen molar-refractivity contribution in [1.29, 1.82) is 0 Å². The Bertz CT molecular complexity index is 417. The summed E-state index contributed by atoms with van der Waals surface area (Å²) < 4.78 is 0.859. The van der Waals surface area contributed by atoms with Crippen molar-refractivity contribution in [1.82, 2.24) is 20.2 Å². The Morgan fingerprint density at radius 3 is 2.68 bits per heavy atom. The molecule has 1 N–H and O–H groups in total. The Hall–Kier alpha value is -1.01. The van der Waals surface area contributed by atoms with E-state index in [4.69, 9.17) is 0 Å². The van der Waals surface area contributed by atoms with Gasteiger partial charge in [-0.15, -0.1) is 0 Å². The van der Waals surface area contributed by atoms with Gasteiger partial charge < -0.3 is 5.32 Å². The summed E-state index contributed by atoms with van der Waals surface area (Å²) in [5.74, 6) is 0.811. The third kappa shape index (κ3) is 4.87. The molecule has 0 aliphatic heterocycles. The molecule has 1 aromatic rings. The number of nitrogens with zero attached hydrogens (tertiary/aromatic N) is 3. The van der Waals surface area contributed by atoms with Crippen molar-refractivity contribution in [3.8, 4) is 0 Å². The average molecular weight is 327 g/mol. The summed E-state index contributed by atoms with van der Waals surface area (Å²) in [7, 11) is 1.90. The Morgan fingerprint density at radius 1 is 1.42 bits per heavy atom. The van der Waals surface area contributed by atoms with E-state index in [0.717, 1.165) is 23.1 Å². The second-order valence-electron chi connectivity index (χ2n) is 5.04. The first-order chi connectivity index (χ1) is 9.13. The molecule has 0 spiro atoms. The van der Waals surface area contributed by atoms with Crippen molar-refractivity contribution in [2.24, 2.45) is 0 Å². The molecule has 1 fully saturated rings. The van der Waals surface area contributed by atoms with Crippen LogP contribution in [0.4, 0.5) is 0 Å². The van der Waals surface area contributed by atoms with Gasteiger partial charge in [0.05, 0.1) is 17.6 Å². The Morgan fingerprint density at radius 2 is 2.05 bits per heavy atom. The number of carbonyl (C=O) groups is 1. The first-order valence-corrected chi connectivity index (χ1v) is 7.37. The molecule has 1 saturated carbocycles. The van der Waals surface area contributed by atoms with Crippen molar-refractivity contribution >= 4 is 21.8 Å². The van der Waals surface area contributed by atoms with Crippen LogP contribution in [0.15, 0.2) is 16.9 Å². The third-order valence-electron chi connectivity index (χ3n) is 3.22. The van der Waals surface area contributed by atoms with Crippen molar-refractivity contribution < 1.29 is 4.79 Å². The summed E-state index contributed by atoms with van der Waals surface area (Å²) in [4.78, 5) is 22.2. The van der Waals surface area contributed by atoms with Crippen LogP contribution in [0.1, 0.15) is 31.5 Å². The zero-order valence-corrected chi connectivity index (χ0v) is 12.7. The molecular weight excluding hydrogens is 308 g/mol. The largest absolute Gasteiger partial charge is 0.352 e. The highest BCUT2D eigenvalue weighted by Crippen LogP contribution is 2.17. The minimum absolute atomic E-state index is 0.0894. The zero-order valence-electron chi connectivity index (χ0n) is 11.1. The summed E-state index contributed by atoms with van der Waals surface area (Å²) in [5, 5.41) is 3.08. The Balaban J connectivity index is 1.75. The molecule has 1 aromatic heterocycles. The summed E-state index contributed by atoms with van der Waals surface area (Å²) >= 11 is 3.30. The fourth-order valence-corrected chi connectivity index (χ4v) is 2.51. The van der Waals surface area contributed by atoms with Crippen LogP contribution in [0, 0.1) is 0 Å². The van der Waals surface area contributed by atoms with Gasteiger partial charge in [0, 0.05) is 18.4 Å². The maximum atomic E-state index is 11.9. The normalized spacial score (nSPS) is 15.9. The van der Waals surface area contributed by atoms with Crippen LogP contribution in [-0.4, -0.2) is 40.4 Å². The molecule has 0 aromatic carbocycles. The molecule has 1 amide bonds. The van der Waals surface area contributed by atoms with E-state index in [9.17, 15) is 4.79 Å². The smallest absolute Gasteiger partial charge is 0.234 e. The molecule has 1 aliphatic carbocycles.